The Morgan fingerprint density at radius 3 is 1.51 bits per heavy atom. The fraction of sp³-hybridized carbons (Fsp3) is 0. The summed E-state index contributed by atoms with van der Waals surface area (Å²) in [5.41, 5.74) is 12.1. The summed E-state index contributed by atoms with van der Waals surface area (Å²) in [7, 11) is 0. The number of rotatable bonds is 6. The monoisotopic (exact) mass is 821 g/mol. The van der Waals surface area contributed by atoms with Crippen LogP contribution in [-0.4, -0.2) is 24.1 Å². The van der Waals surface area contributed by atoms with Gasteiger partial charge in [0, 0.05) is 70.6 Å². The summed E-state index contributed by atoms with van der Waals surface area (Å²) >= 11 is 1.86. The van der Waals surface area contributed by atoms with Crippen LogP contribution < -0.4 is 0 Å². The predicted octanol–water partition coefficient (Wildman–Crippen LogP) is 15.1. The molecule has 0 aliphatic carbocycles. The molecule has 6 heteroatoms. The Morgan fingerprint density at radius 2 is 0.825 bits per heavy atom. The Morgan fingerprint density at radius 1 is 0.317 bits per heavy atom. The highest BCUT2D eigenvalue weighted by atomic mass is 32.1. The van der Waals surface area contributed by atoms with E-state index in [4.69, 9.17) is 15.0 Å². The number of thiophene rings is 1. The third-order valence-corrected chi connectivity index (χ3v) is 13.6. The van der Waals surface area contributed by atoms with Crippen LogP contribution in [0.1, 0.15) is 0 Å². The third kappa shape index (κ3) is 5.59. The summed E-state index contributed by atoms with van der Waals surface area (Å²) in [5, 5.41) is 7.32. The SMILES string of the molecule is c1ccc(-c2nc(-c3ccccc3)nc(-c3cccc4c5ccc6c7cc(-c8cccc9c%10ccccc%10n(-c%10ccccc%10)c89)ccc7sc6c5n(-c5ccccc5)c34)n2)cc1. The van der Waals surface area contributed by atoms with E-state index in [1.165, 1.54) is 64.0 Å². The molecule has 4 heterocycles. The van der Waals surface area contributed by atoms with Gasteiger partial charge >= 0.3 is 0 Å². The van der Waals surface area contributed by atoms with Crippen LogP contribution in [-0.2, 0) is 0 Å². The van der Waals surface area contributed by atoms with Crippen molar-refractivity contribution in [1.82, 2.24) is 24.1 Å². The first-order valence-electron chi connectivity index (χ1n) is 21.2. The summed E-state index contributed by atoms with van der Waals surface area (Å²) in [6, 6.07) is 75.5. The molecule has 4 aromatic heterocycles. The lowest BCUT2D eigenvalue weighted by Crippen LogP contribution is -2.02. The number of aromatic nitrogens is 5. The summed E-state index contributed by atoms with van der Waals surface area (Å²) in [5.74, 6) is 1.91. The standard InChI is InChI=1S/C57H35N5S/c1-5-17-36(18-6-1)55-58-56(37-19-7-2-8-20-37)60-57(59-55)47-29-16-28-44-45-32-33-46-48-35-38(31-34-50(48)63-54(46)53(45)62(52(44)47)40-23-11-4-12-24-40)41-26-15-27-43-42-25-13-14-30-49(42)61(51(41)43)39-21-9-3-10-22-39/h1-35H. The Kier molecular flexibility index (Phi) is 8.01. The average molecular weight is 822 g/mol. The van der Waals surface area contributed by atoms with Gasteiger partial charge in [-0.25, -0.2) is 15.0 Å². The van der Waals surface area contributed by atoms with Gasteiger partial charge in [-0.1, -0.05) is 164 Å². The second-order valence-electron chi connectivity index (χ2n) is 16.0. The van der Waals surface area contributed by atoms with E-state index in [2.05, 4.69) is 185 Å². The number of benzene rings is 9. The Labute approximate surface area is 366 Å². The van der Waals surface area contributed by atoms with Crippen LogP contribution in [0.25, 0.3) is 120 Å². The first-order valence-corrected chi connectivity index (χ1v) is 22.0. The zero-order valence-electron chi connectivity index (χ0n) is 33.9. The third-order valence-electron chi connectivity index (χ3n) is 12.4. The van der Waals surface area contributed by atoms with Gasteiger partial charge in [-0.15, -0.1) is 11.3 Å². The highest BCUT2D eigenvalue weighted by molar-refractivity contribution is 7.26. The van der Waals surface area contributed by atoms with Crippen LogP contribution in [0.5, 0.6) is 0 Å². The normalized spacial score (nSPS) is 11.8. The van der Waals surface area contributed by atoms with Gasteiger partial charge in [0.1, 0.15) is 0 Å². The molecule has 0 fully saturated rings. The molecule has 0 N–H and O–H groups in total. The molecule has 0 bridgehead atoms. The molecule has 0 amide bonds. The van der Waals surface area contributed by atoms with Crippen molar-refractivity contribution in [3.8, 4) is 56.7 Å². The summed E-state index contributed by atoms with van der Waals surface area (Å²) in [4.78, 5) is 15.4. The van der Waals surface area contributed by atoms with Crippen LogP contribution in [0.3, 0.4) is 0 Å². The predicted molar refractivity (Wildman–Crippen MR) is 263 cm³/mol. The van der Waals surface area contributed by atoms with Crippen LogP contribution in [0.15, 0.2) is 212 Å². The molecule has 294 valence electrons. The molecular weight excluding hydrogens is 787 g/mol. The van der Waals surface area contributed by atoms with E-state index < -0.39 is 0 Å². The molecule has 9 aromatic carbocycles. The minimum Gasteiger partial charge on any atom is -0.309 e. The maximum atomic E-state index is 5.22. The smallest absolute Gasteiger partial charge is 0.166 e. The van der Waals surface area contributed by atoms with Crippen LogP contribution in [0.4, 0.5) is 0 Å². The Bertz CT molecular complexity index is 3830. The van der Waals surface area contributed by atoms with E-state index in [-0.39, 0.29) is 0 Å². The van der Waals surface area contributed by atoms with Gasteiger partial charge in [0.15, 0.2) is 17.5 Å². The fourth-order valence-electron chi connectivity index (χ4n) is 9.59. The van der Waals surface area contributed by atoms with Crippen molar-refractivity contribution in [3.63, 3.8) is 0 Å². The van der Waals surface area contributed by atoms with Gasteiger partial charge in [-0.05, 0) is 54.1 Å². The molecule has 0 atom stereocenters. The highest BCUT2D eigenvalue weighted by Gasteiger charge is 2.23. The topological polar surface area (TPSA) is 48.5 Å². The molecule has 0 unspecified atom stereocenters. The lowest BCUT2D eigenvalue weighted by molar-refractivity contribution is 1.07. The molecule has 0 saturated heterocycles. The van der Waals surface area contributed by atoms with Gasteiger partial charge in [0.2, 0.25) is 0 Å². The second kappa shape index (κ2) is 14.2. The van der Waals surface area contributed by atoms with Crippen molar-refractivity contribution >= 4 is 75.1 Å². The van der Waals surface area contributed by atoms with Crippen LogP contribution in [0.2, 0.25) is 0 Å². The van der Waals surface area contributed by atoms with Crippen molar-refractivity contribution < 1.29 is 0 Å². The average Bonchev–Trinajstić information content (AvgIpc) is 4.03. The molecule has 0 saturated carbocycles. The van der Waals surface area contributed by atoms with Gasteiger partial charge < -0.3 is 9.13 Å². The number of hydrogen-bond acceptors (Lipinski definition) is 4. The summed E-state index contributed by atoms with van der Waals surface area (Å²) in [6.45, 7) is 0. The van der Waals surface area contributed by atoms with Gasteiger partial charge in [-0.2, -0.15) is 0 Å². The van der Waals surface area contributed by atoms with E-state index in [1.54, 1.807) is 0 Å². The van der Waals surface area contributed by atoms with Crippen molar-refractivity contribution in [3.05, 3.63) is 212 Å². The van der Waals surface area contributed by atoms with E-state index in [0.29, 0.717) is 17.5 Å². The highest BCUT2D eigenvalue weighted by Crippen LogP contribution is 2.47. The number of nitrogens with zero attached hydrogens (tertiary/aromatic N) is 5. The molecule has 0 radical (unpaired) electrons. The van der Waals surface area contributed by atoms with Gasteiger partial charge in [-0.3, -0.25) is 0 Å². The van der Waals surface area contributed by atoms with Crippen molar-refractivity contribution in [2.45, 2.75) is 0 Å². The number of para-hydroxylation sites is 5. The molecule has 63 heavy (non-hydrogen) atoms. The molecule has 0 aliphatic heterocycles. The zero-order valence-corrected chi connectivity index (χ0v) is 34.7. The maximum absolute atomic E-state index is 5.22. The summed E-state index contributed by atoms with van der Waals surface area (Å²) < 4.78 is 7.35. The van der Waals surface area contributed by atoms with E-state index in [0.717, 1.165) is 39.0 Å². The minimum absolute atomic E-state index is 0.632. The first kappa shape index (κ1) is 35.6. The van der Waals surface area contributed by atoms with Crippen LogP contribution in [0, 0.1) is 0 Å². The first-order chi connectivity index (χ1) is 31.3. The van der Waals surface area contributed by atoms with Gasteiger partial charge in [0.25, 0.3) is 0 Å². The Balaban J connectivity index is 1.07. The molecular formula is C57H35N5S. The van der Waals surface area contributed by atoms with Crippen LogP contribution >= 0.6 is 11.3 Å². The molecule has 0 spiro atoms. The quantitative estimate of drug-likeness (QED) is 0.168. The van der Waals surface area contributed by atoms with E-state index >= 15 is 0 Å². The van der Waals surface area contributed by atoms with E-state index in [1.807, 2.05) is 47.7 Å². The number of fused-ring (bicyclic) bond motifs is 10. The van der Waals surface area contributed by atoms with Crippen molar-refractivity contribution in [2.24, 2.45) is 0 Å². The zero-order chi connectivity index (χ0) is 41.4. The number of hydrogen-bond donors (Lipinski definition) is 0. The lowest BCUT2D eigenvalue weighted by atomic mass is 9.99. The fourth-order valence-corrected chi connectivity index (χ4v) is 10.8. The summed E-state index contributed by atoms with van der Waals surface area (Å²) in [6.07, 6.45) is 0. The second-order valence-corrected chi connectivity index (χ2v) is 17.0. The largest absolute Gasteiger partial charge is 0.309 e. The van der Waals surface area contributed by atoms with Crippen molar-refractivity contribution in [2.75, 3.05) is 0 Å². The Hall–Kier alpha value is -8.19. The van der Waals surface area contributed by atoms with Gasteiger partial charge in [0.05, 0.1) is 26.8 Å². The molecule has 5 nitrogen and oxygen atoms in total. The lowest BCUT2D eigenvalue weighted by Gasteiger charge is -2.13. The van der Waals surface area contributed by atoms with Crippen molar-refractivity contribution in [1.29, 1.82) is 0 Å². The van der Waals surface area contributed by atoms with E-state index in [9.17, 15) is 0 Å². The maximum Gasteiger partial charge on any atom is 0.166 e. The molecule has 0 aliphatic rings. The minimum atomic E-state index is 0.632. The molecule has 13 aromatic rings. The molecule has 13 rings (SSSR count).